The molecule has 4 rings (SSSR count). The van der Waals surface area contributed by atoms with Gasteiger partial charge >= 0.3 is 0 Å². The number of nitrogens with zero attached hydrogens (tertiary/aromatic N) is 2. The van der Waals surface area contributed by atoms with Crippen LogP contribution in [0.4, 0.5) is 0 Å². The Bertz CT molecular complexity index is 843. The smallest absolute Gasteiger partial charge is 0.0601 e. The van der Waals surface area contributed by atoms with E-state index in [2.05, 4.69) is 65.6 Å². The Balaban J connectivity index is 1.45. The van der Waals surface area contributed by atoms with Gasteiger partial charge in [0.25, 0.3) is 0 Å². The van der Waals surface area contributed by atoms with Gasteiger partial charge in [0.15, 0.2) is 0 Å². The van der Waals surface area contributed by atoms with Gasteiger partial charge in [0.05, 0.1) is 12.1 Å². The standard InChI is InChI=1S/C25H25ClN2/c26-23-13-11-20(12-14-23)19-27-24-15-17-28(18-16-24)25(21-7-3-1-4-8-21)22-9-5-2-6-10-22/h1-14,19,24-25H,15-18H2. The van der Waals surface area contributed by atoms with Gasteiger partial charge in [0.1, 0.15) is 0 Å². The maximum absolute atomic E-state index is 5.96. The largest absolute Gasteiger partial charge is 0.292 e. The number of piperidine rings is 1. The first-order valence-electron chi connectivity index (χ1n) is 9.92. The molecule has 0 bridgehead atoms. The maximum atomic E-state index is 5.96. The molecule has 2 nitrogen and oxygen atoms in total. The van der Waals surface area contributed by atoms with Crippen molar-refractivity contribution in [1.82, 2.24) is 4.90 Å². The number of benzene rings is 3. The van der Waals surface area contributed by atoms with E-state index >= 15 is 0 Å². The second kappa shape index (κ2) is 9.18. The molecular formula is C25H25ClN2. The van der Waals surface area contributed by atoms with Crippen molar-refractivity contribution in [2.24, 2.45) is 4.99 Å². The van der Waals surface area contributed by atoms with Crippen LogP contribution in [-0.4, -0.2) is 30.2 Å². The molecule has 1 fully saturated rings. The average molecular weight is 389 g/mol. The van der Waals surface area contributed by atoms with Gasteiger partial charge in [0, 0.05) is 24.3 Å². The van der Waals surface area contributed by atoms with Crippen LogP contribution in [0.25, 0.3) is 0 Å². The molecule has 1 aliphatic rings. The van der Waals surface area contributed by atoms with E-state index in [0.29, 0.717) is 12.1 Å². The van der Waals surface area contributed by atoms with Crippen molar-refractivity contribution < 1.29 is 0 Å². The van der Waals surface area contributed by atoms with Gasteiger partial charge < -0.3 is 0 Å². The lowest BCUT2D eigenvalue weighted by Gasteiger charge is -2.37. The summed E-state index contributed by atoms with van der Waals surface area (Å²) >= 11 is 5.96. The Kier molecular flexibility index (Phi) is 6.20. The van der Waals surface area contributed by atoms with Gasteiger partial charge in [-0.1, -0.05) is 84.4 Å². The third-order valence-corrected chi connectivity index (χ3v) is 5.65. The van der Waals surface area contributed by atoms with Crippen LogP contribution < -0.4 is 0 Å². The molecule has 0 aromatic heterocycles. The Morgan fingerprint density at radius 1 is 0.786 bits per heavy atom. The lowest BCUT2D eigenvalue weighted by atomic mass is 9.94. The first-order chi connectivity index (χ1) is 13.8. The molecule has 3 aromatic carbocycles. The molecule has 0 saturated carbocycles. The van der Waals surface area contributed by atoms with Crippen molar-refractivity contribution in [2.45, 2.75) is 24.9 Å². The molecular weight excluding hydrogens is 364 g/mol. The topological polar surface area (TPSA) is 15.6 Å². The molecule has 0 N–H and O–H groups in total. The van der Waals surface area contributed by atoms with Gasteiger partial charge in [-0.2, -0.15) is 0 Å². The predicted octanol–water partition coefficient (Wildman–Crippen LogP) is 6.01. The Morgan fingerprint density at radius 2 is 1.32 bits per heavy atom. The summed E-state index contributed by atoms with van der Waals surface area (Å²) in [5, 5.41) is 0.762. The van der Waals surface area contributed by atoms with Gasteiger partial charge in [-0.05, 0) is 41.7 Å². The van der Waals surface area contributed by atoms with Gasteiger partial charge in [0.2, 0.25) is 0 Å². The highest BCUT2D eigenvalue weighted by Gasteiger charge is 2.26. The lowest BCUT2D eigenvalue weighted by Crippen LogP contribution is -2.38. The molecule has 0 spiro atoms. The first kappa shape index (κ1) is 18.9. The third-order valence-electron chi connectivity index (χ3n) is 5.40. The molecule has 28 heavy (non-hydrogen) atoms. The molecule has 0 radical (unpaired) electrons. The second-order valence-corrected chi connectivity index (χ2v) is 7.76. The normalized spacial score (nSPS) is 16.1. The number of halogens is 1. The second-order valence-electron chi connectivity index (χ2n) is 7.32. The minimum atomic E-state index is 0.309. The van der Waals surface area contributed by atoms with Crippen LogP contribution in [-0.2, 0) is 0 Å². The summed E-state index contributed by atoms with van der Waals surface area (Å²) in [4.78, 5) is 7.42. The summed E-state index contributed by atoms with van der Waals surface area (Å²) in [5.41, 5.74) is 3.83. The first-order valence-corrected chi connectivity index (χ1v) is 10.3. The number of rotatable bonds is 5. The van der Waals surface area contributed by atoms with E-state index in [1.54, 1.807) is 0 Å². The van der Waals surface area contributed by atoms with Crippen molar-refractivity contribution in [2.75, 3.05) is 13.1 Å². The molecule has 0 aliphatic carbocycles. The zero-order chi connectivity index (χ0) is 19.2. The van der Waals surface area contributed by atoms with Crippen LogP contribution in [0.3, 0.4) is 0 Å². The van der Waals surface area contributed by atoms with E-state index in [4.69, 9.17) is 16.6 Å². The summed E-state index contributed by atoms with van der Waals surface area (Å²) in [7, 11) is 0. The van der Waals surface area contributed by atoms with E-state index in [1.807, 2.05) is 30.5 Å². The molecule has 0 amide bonds. The van der Waals surface area contributed by atoms with Crippen LogP contribution in [0.15, 0.2) is 89.9 Å². The highest BCUT2D eigenvalue weighted by molar-refractivity contribution is 6.30. The molecule has 1 heterocycles. The van der Waals surface area contributed by atoms with Crippen LogP contribution >= 0.6 is 11.6 Å². The predicted molar refractivity (Wildman–Crippen MR) is 118 cm³/mol. The van der Waals surface area contributed by atoms with E-state index in [0.717, 1.165) is 36.5 Å². The molecule has 0 atom stereocenters. The van der Waals surface area contributed by atoms with Crippen LogP contribution in [0.1, 0.15) is 35.6 Å². The number of hydrogen-bond donors (Lipinski definition) is 0. The fourth-order valence-electron chi connectivity index (χ4n) is 3.92. The third kappa shape index (κ3) is 4.70. The summed E-state index contributed by atoms with van der Waals surface area (Å²) in [6, 6.07) is 30.2. The molecule has 1 aliphatic heterocycles. The van der Waals surface area contributed by atoms with Crippen molar-refractivity contribution in [3.05, 3.63) is 107 Å². The van der Waals surface area contributed by atoms with Gasteiger partial charge in [-0.3, -0.25) is 9.89 Å². The summed E-state index contributed by atoms with van der Waals surface area (Å²) in [6.45, 7) is 2.11. The summed E-state index contributed by atoms with van der Waals surface area (Å²) < 4.78 is 0. The van der Waals surface area contributed by atoms with E-state index in [1.165, 1.54) is 11.1 Å². The van der Waals surface area contributed by atoms with E-state index in [-0.39, 0.29) is 0 Å². The van der Waals surface area contributed by atoms with Crippen molar-refractivity contribution in [3.63, 3.8) is 0 Å². The number of hydrogen-bond acceptors (Lipinski definition) is 2. The van der Waals surface area contributed by atoms with E-state index < -0.39 is 0 Å². The van der Waals surface area contributed by atoms with Crippen molar-refractivity contribution >= 4 is 17.8 Å². The Morgan fingerprint density at radius 3 is 1.86 bits per heavy atom. The van der Waals surface area contributed by atoms with Crippen LogP contribution in [0.5, 0.6) is 0 Å². The zero-order valence-electron chi connectivity index (χ0n) is 15.9. The molecule has 1 saturated heterocycles. The summed E-state index contributed by atoms with van der Waals surface area (Å²) in [6.07, 6.45) is 4.16. The lowest BCUT2D eigenvalue weighted by molar-refractivity contribution is 0.175. The molecule has 142 valence electrons. The monoisotopic (exact) mass is 388 g/mol. The van der Waals surface area contributed by atoms with Gasteiger partial charge in [-0.25, -0.2) is 0 Å². The average Bonchev–Trinajstić information content (AvgIpc) is 2.76. The highest BCUT2D eigenvalue weighted by atomic mass is 35.5. The Labute approximate surface area is 172 Å². The SMILES string of the molecule is Clc1ccc(C=NC2CCN(C(c3ccccc3)c3ccccc3)CC2)cc1. The van der Waals surface area contributed by atoms with Crippen molar-refractivity contribution in [1.29, 1.82) is 0 Å². The number of aliphatic imine (C=N–C) groups is 1. The molecule has 0 unspecified atom stereocenters. The van der Waals surface area contributed by atoms with E-state index in [9.17, 15) is 0 Å². The van der Waals surface area contributed by atoms with Gasteiger partial charge in [-0.15, -0.1) is 0 Å². The van der Waals surface area contributed by atoms with Crippen LogP contribution in [0, 0.1) is 0 Å². The molecule has 3 aromatic rings. The highest BCUT2D eigenvalue weighted by Crippen LogP contribution is 2.31. The van der Waals surface area contributed by atoms with Crippen molar-refractivity contribution in [3.8, 4) is 0 Å². The molecule has 3 heteroatoms. The number of likely N-dealkylation sites (tertiary alicyclic amines) is 1. The fraction of sp³-hybridized carbons (Fsp3) is 0.240. The Hall–Kier alpha value is -2.42. The minimum absolute atomic E-state index is 0.309. The van der Waals surface area contributed by atoms with Crippen LogP contribution in [0.2, 0.25) is 5.02 Å². The maximum Gasteiger partial charge on any atom is 0.0601 e. The minimum Gasteiger partial charge on any atom is -0.292 e. The zero-order valence-corrected chi connectivity index (χ0v) is 16.7. The summed E-state index contributed by atoms with van der Waals surface area (Å²) in [5.74, 6) is 0. The fourth-order valence-corrected chi connectivity index (χ4v) is 4.04. The quantitative estimate of drug-likeness (QED) is 0.488.